The maximum absolute atomic E-state index is 12.8. The molecule has 1 aromatic heterocycles. The van der Waals surface area contributed by atoms with Crippen LogP contribution < -0.4 is 0 Å². The van der Waals surface area contributed by atoms with E-state index in [4.69, 9.17) is 5.11 Å². The zero-order chi connectivity index (χ0) is 15.7. The lowest BCUT2D eigenvalue weighted by molar-refractivity contribution is 0.120. The molecule has 2 aromatic rings. The summed E-state index contributed by atoms with van der Waals surface area (Å²) in [7, 11) is -1.57. The summed E-state index contributed by atoms with van der Waals surface area (Å²) in [5.41, 5.74) is 1.46. The smallest absolute Gasteiger partial charge is 0.243 e. The second kappa shape index (κ2) is 5.96. The summed E-state index contributed by atoms with van der Waals surface area (Å²) in [4.78, 5) is 9.41. The molecular formula is C14H20N4O3S. The number of piperazine rings is 1. The Balaban J connectivity index is 1.88. The molecule has 0 bridgehead atoms. The van der Waals surface area contributed by atoms with Gasteiger partial charge in [0, 0.05) is 32.3 Å². The van der Waals surface area contributed by atoms with Crippen molar-refractivity contribution in [3.8, 4) is 0 Å². The molecule has 7 nitrogen and oxygen atoms in total. The molecule has 0 saturated carbocycles. The standard InChI is InChI=1S/C14H20N4O3S/c1-17-5-6-18(9-11(17)4-7-19)22(20,21)12-2-3-13-14(8-12)16-10-15-13/h2-3,8,10-11,19H,4-7,9H2,1H3,(H,15,16)/t11-/m1/s1. The van der Waals surface area contributed by atoms with Crippen molar-refractivity contribution >= 4 is 21.1 Å². The minimum atomic E-state index is -3.53. The van der Waals surface area contributed by atoms with Crippen molar-refractivity contribution < 1.29 is 13.5 Å². The molecule has 0 unspecified atom stereocenters. The Kier molecular flexibility index (Phi) is 4.18. The number of H-pyrrole nitrogens is 1. The average Bonchev–Trinajstić information content (AvgIpc) is 2.97. The summed E-state index contributed by atoms with van der Waals surface area (Å²) < 4.78 is 27.1. The van der Waals surface area contributed by atoms with E-state index in [-0.39, 0.29) is 17.5 Å². The van der Waals surface area contributed by atoms with Crippen LogP contribution in [0.2, 0.25) is 0 Å². The zero-order valence-electron chi connectivity index (χ0n) is 12.4. The highest BCUT2D eigenvalue weighted by Crippen LogP contribution is 2.23. The third-order valence-corrected chi connectivity index (χ3v) is 6.09. The summed E-state index contributed by atoms with van der Waals surface area (Å²) >= 11 is 0. The van der Waals surface area contributed by atoms with E-state index >= 15 is 0 Å². The largest absolute Gasteiger partial charge is 0.396 e. The first-order valence-electron chi connectivity index (χ1n) is 7.27. The fraction of sp³-hybridized carbons (Fsp3) is 0.500. The van der Waals surface area contributed by atoms with Gasteiger partial charge in [0.1, 0.15) is 0 Å². The minimum absolute atomic E-state index is 0.0458. The van der Waals surface area contributed by atoms with Crippen molar-refractivity contribution in [1.82, 2.24) is 19.2 Å². The van der Waals surface area contributed by atoms with Gasteiger partial charge in [-0.1, -0.05) is 0 Å². The van der Waals surface area contributed by atoms with E-state index in [1.54, 1.807) is 24.5 Å². The highest BCUT2D eigenvalue weighted by molar-refractivity contribution is 7.89. The fourth-order valence-electron chi connectivity index (χ4n) is 2.82. The molecule has 1 atom stereocenters. The molecule has 0 spiro atoms. The topological polar surface area (TPSA) is 89.5 Å². The summed E-state index contributed by atoms with van der Waals surface area (Å²) in [6, 6.07) is 4.97. The molecular weight excluding hydrogens is 304 g/mol. The number of aliphatic hydroxyl groups is 1. The number of imidazole rings is 1. The number of aromatic amines is 1. The second-order valence-corrected chi connectivity index (χ2v) is 7.53. The van der Waals surface area contributed by atoms with Crippen LogP contribution in [0.4, 0.5) is 0 Å². The quantitative estimate of drug-likeness (QED) is 0.841. The van der Waals surface area contributed by atoms with E-state index in [0.29, 0.717) is 31.6 Å². The molecule has 1 saturated heterocycles. The van der Waals surface area contributed by atoms with Gasteiger partial charge in [-0.2, -0.15) is 4.31 Å². The number of hydrogen-bond donors (Lipinski definition) is 2. The van der Waals surface area contributed by atoms with E-state index in [1.807, 2.05) is 7.05 Å². The molecule has 22 heavy (non-hydrogen) atoms. The zero-order valence-corrected chi connectivity index (χ0v) is 13.3. The number of aliphatic hydroxyl groups excluding tert-OH is 1. The highest BCUT2D eigenvalue weighted by Gasteiger charge is 2.32. The van der Waals surface area contributed by atoms with Crippen LogP contribution >= 0.6 is 0 Å². The van der Waals surface area contributed by atoms with Gasteiger partial charge in [0.15, 0.2) is 0 Å². The first-order chi connectivity index (χ1) is 10.5. The predicted molar refractivity (Wildman–Crippen MR) is 83.0 cm³/mol. The molecule has 8 heteroatoms. The third-order valence-electron chi connectivity index (χ3n) is 4.23. The molecule has 1 aliphatic heterocycles. The maximum Gasteiger partial charge on any atom is 0.243 e. The normalized spacial score (nSPS) is 21.5. The van der Waals surface area contributed by atoms with Crippen molar-refractivity contribution in [1.29, 1.82) is 0 Å². The van der Waals surface area contributed by atoms with Gasteiger partial charge in [-0.3, -0.25) is 0 Å². The van der Waals surface area contributed by atoms with Gasteiger partial charge in [0.2, 0.25) is 10.0 Å². The first kappa shape index (κ1) is 15.4. The van der Waals surface area contributed by atoms with Crippen molar-refractivity contribution in [2.24, 2.45) is 0 Å². The molecule has 0 radical (unpaired) electrons. The van der Waals surface area contributed by atoms with Gasteiger partial charge in [0.05, 0.1) is 22.3 Å². The number of likely N-dealkylation sites (N-methyl/N-ethyl adjacent to an activating group) is 1. The molecule has 1 aliphatic rings. The number of aromatic nitrogens is 2. The Hall–Kier alpha value is -1.48. The van der Waals surface area contributed by atoms with Crippen molar-refractivity contribution in [2.45, 2.75) is 17.4 Å². The third kappa shape index (κ3) is 2.74. The van der Waals surface area contributed by atoms with E-state index in [1.165, 1.54) is 4.31 Å². The Morgan fingerprint density at radius 3 is 3.00 bits per heavy atom. The fourth-order valence-corrected chi connectivity index (χ4v) is 4.32. The number of benzene rings is 1. The summed E-state index contributed by atoms with van der Waals surface area (Å²) in [6.45, 7) is 1.58. The van der Waals surface area contributed by atoms with E-state index in [2.05, 4.69) is 14.9 Å². The molecule has 1 aromatic carbocycles. The molecule has 3 rings (SSSR count). The average molecular weight is 324 g/mol. The van der Waals surface area contributed by atoms with Crippen LogP contribution in [0.15, 0.2) is 29.4 Å². The van der Waals surface area contributed by atoms with Gasteiger partial charge >= 0.3 is 0 Å². The van der Waals surface area contributed by atoms with E-state index < -0.39 is 10.0 Å². The highest BCUT2D eigenvalue weighted by atomic mass is 32.2. The second-order valence-electron chi connectivity index (χ2n) is 5.59. The summed E-state index contributed by atoms with van der Waals surface area (Å²) in [5, 5.41) is 9.13. The van der Waals surface area contributed by atoms with Crippen molar-refractivity contribution in [3.05, 3.63) is 24.5 Å². The molecule has 0 amide bonds. The molecule has 0 aliphatic carbocycles. The Morgan fingerprint density at radius 2 is 2.23 bits per heavy atom. The Morgan fingerprint density at radius 1 is 1.41 bits per heavy atom. The van der Waals surface area contributed by atoms with Crippen LogP contribution in [0, 0.1) is 0 Å². The van der Waals surface area contributed by atoms with Crippen LogP contribution in [0.5, 0.6) is 0 Å². The lowest BCUT2D eigenvalue weighted by atomic mass is 10.1. The van der Waals surface area contributed by atoms with Crippen LogP contribution in [0.1, 0.15) is 6.42 Å². The molecule has 2 N–H and O–H groups in total. The number of fused-ring (bicyclic) bond motifs is 1. The van der Waals surface area contributed by atoms with Gasteiger partial charge in [-0.15, -0.1) is 0 Å². The van der Waals surface area contributed by atoms with E-state index in [0.717, 1.165) is 5.52 Å². The lowest BCUT2D eigenvalue weighted by Gasteiger charge is -2.38. The Labute approximate surface area is 129 Å². The SMILES string of the molecule is CN1CCN(S(=O)(=O)c2ccc3nc[nH]c3c2)C[C@H]1CCO. The van der Waals surface area contributed by atoms with Crippen LogP contribution in [-0.2, 0) is 10.0 Å². The number of sulfonamides is 1. The monoisotopic (exact) mass is 324 g/mol. The van der Waals surface area contributed by atoms with Crippen molar-refractivity contribution in [3.63, 3.8) is 0 Å². The first-order valence-corrected chi connectivity index (χ1v) is 8.71. The lowest BCUT2D eigenvalue weighted by Crippen LogP contribution is -2.53. The van der Waals surface area contributed by atoms with Gasteiger partial charge in [-0.25, -0.2) is 13.4 Å². The minimum Gasteiger partial charge on any atom is -0.396 e. The van der Waals surface area contributed by atoms with Crippen LogP contribution in [-0.4, -0.2) is 72.0 Å². The van der Waals surface area contributed by atoms with Gasteiger partial charge in [0.25, 0.3) is 0 Å². The summed E-state index contributed by atoms with van der Waals surface area (Å²) in [6.07, 6.45) is 2.12. The number of rotatable bonds is 4. The van der Waals surface area contributed by atoms with Crippen LogP contribution in [0.3, 0.4) is 0 Å². The number of nitrogens with one attached hydrogen (secondary N) is 1. The van der Waals surface area contributed by atoms with E-state index in [9.17, 15) is 8.42 Å². The number of nitrogens with zero attached hydrogens (tertiary/aromatic N) is 3. The van der Waals surface area contributed by atoms with Gasteiger partial charge < -0.3 is 15.0 Å². The van der Waals surface area contributed by atoms with Gasteiger partial charge in [-0.05, 0) is 31.7 Å². The molecule has 2 heterocycles. The van der Waals surface area contributed by atoms with Crippen LogP contribution in [0.25, 0.3) is 11.0 Å². The van der Waals surface area contributed by atoms with Crippen molar-refractivity contribution in [2.75, 3.05) is 33.3 Å². The summed E-state index contributed by atoms with van der Waals surface area (Å²) in [5.74, 6) is 0. The molecule has 120 valence electrons. The Bertz CT molecular complexity index is 758. The maximum atomic E-state index is 12.8. The number of hydrogen-bond acceptors (Lipinski definition) is 5. The predicted octanol–water partition coefficient (Wildman–Crippen LogP) is 0.250. The molecule has 1 fully saturated rings.